The zero-order valence-electron chi connectivity index (χ0n) is 11.0. The average molecular weight is 196 g/mol. The highest BCUT2D eigenvalue weighted by Gasteiger charge is 2.12. The summed E-state index contributed by atoms with van der Waals surface area (Å²) < 4.78 is 0. The van der Waals surface area contributed by atoms with Gasteiger partial charge in [0.05, 0.1) is 0 Å². The van der Waals surface area contributed by atoms with Crippen LogP contribution in [0, 0.1) is 5.92 Å². The van der Waals surface area contributed by atoms with E-state index in [-0.39, 0.29) is 0 Å². The van der Waals surface area contributed by atoms with Crippen LogP contribution in [0.1, 0.15) is 60.8 Å². The quantitative estimate of drug-likeness (QED) is 0.529. The molecule has 0 radical (unpaired) electrons. The second kappa shape index (κ2) is 10.6. The van der Waals surface area contributed by atoms with Crippen LogP contribution in [-0.4, -0.2) is 0 Å². The van der Waals surface area contributed by atoms with E-state index in [0.29, 0.717) is 0 Å². The lowest BCUT2D eigenvalue weighted by molar-refractivity contribution is 0.541. The topological polar surface area (TPSA) is 0 Å². The maximum atomic E-state index is 3.81. The summed E-state index contributed by atoms with van der Waals surface area (Å²) in [6, 6.07) is 0. The van der Waals surface area contributed by atoms with Gasteiger partial charge in [-0.2, -0.15) is 0 Å². The highest BCUT2D eigenvalue weighted by Crippen LogP contribution is 2.29. The van der Waals surface area contributed by atoms with Crippen molar-refractivity contribution in [2.24, 2.45) is 5.92 Å². The number of hydrogen-bond acceptors (Lipinski definition) is 0. The highest BCUT2D eigenvalue weighted by atomic mass is 14.2. The van der Waals surface area contributed by atoms with Gasteiger partial charge in [0, 0.05) is 0 Å². The van der Waals surface area contributed by atoms with E-state index in [1.54, 1.807) is 5.57 Å². The molecule has 0 aromatic heterocycles. The van der Waals surface area contributed by atoms with Gasteiger partial charge in [-0.15, -0.1) is 0 Å². The van der Waals surface area contributed by atoms with E-state index in [1.165, 1.54) is 24.8 Å². The molecule has 0 saturated carbocycles. The number of allylic oxidation sites excluding steroid dienone is 3. The Hall–Kier alpha value is -0.520. The Kier molecular flexibility index (Phi) is 12.0. The third-order valence-corrected chi connectivity index (χ3v) is 2.58. The van der Waals surface area contributed by atoms with Crippen LogP contribution in [-0.2, 0) is 0 Å². The Labute approximate surface area is 91.1 Å². The van der Waals surface area contributed by atoms with Crippen LogP contribution in [0.25, 0.3) is 0 Å². The smallest absolute Gasteiger partial charge is 0.0228 e. The van der Waals surface area contributed by atoms with E-state index in [0.717, 1.165) is 5.92 Å². The van der Waals surface area contributed by atoms with Gasteiger partial charge in [-0.05, 0) is 37.7 Å². The molecule has 0 aromatic rings. The summed E-state index contributed by atoms with van der Waals surface area (Å²) in [7, 11) is 0. The van der Waals surface area contributed by atoms with Crippen LogP contribution in [0.2, 0.25) is 0 Å². The van der Waals surface area contributed by atoms with Crippen molar-refractivity contribution < 1.29 is 0 Å². The first-order valence-corrected chi connectivity index (χ1v) is 6.07. The lowest BCUT2D eigenvalue weighted by Crippen LogP contribution is -2.05. The van der Waals surface area contributed by atoms with Gasteiger partial charge in [-0.3, -0.25) is 0 Å². The van der Waals surface area contributed by atoms with Crippen LogP contribution in [0.15, 0.2) is 23.8 Å². The van der Waals surface area contributed by atoms with E-state index >= 15 is 0 Å². The van der Waals surface area contributed by atoms with Crippen LogP contribution in [0.4, 0.5) is 0 Å². The molecule has 0 heterocycles. The van der Waals surface area contributed by atoms with Crippen molar-refractivity contribution in [3.63, 3.8) is 0 Å². The molecule has 1 aliphatic carbocycles. The predicted octanol–water partition coefficient (Wildman–Crippen LogP) is 5.36. The molecule has 0 aromatic carbocycles. The minimum Gasteiger partial charge on any atom is -0.0988 e. The van der Waals surface area contributed by atoms with Crippen molar-refractivity contribution in [3.8, 4) is 0 Å². The van der Waals surface area contributed by atoms with Gasteiger partial charge in [0.2, 0.25) is 0 Å². The van der Waals surface area contributed by atoms with E-state index in [9.17, 15) is 0 Å². The van der Waals surface area contributed by atoms with Crippen molar-refractivity contribution in [3.05, 3.63) is 23.8 Å². The maximum Gasteiger partial charge on any atom is -0.0228 e. The zero-order chi connectivity index (χ0) is 11.6. The molecule has 84 valence electrons. The Morgan fingerprint density at radius 2 is 1.71 bits per heavy atom. The molecule has 0 aliphatic heterocycles. The molecule has 1 aliphatic rings. The lowest BCUT2D eigenvalue weighted by Gasteiger charge is -2.21. The summed E-state index contributed by atoms with van der Waals surface area (Å²) in [5.41, 5.74) is 3.04. The molecule has 0 fully saturated rings. The van der Waals surface area contributed by atoms with Crippen molar-refractivity contribution in [1.29, 1.82) is 0 Å². The molecular formula is C14H28. The number of hydrogen-bond donors (Lipinski definition) is 0. The van der Waals surface area contributed by atoms with Crippen molar-refractivity contribution in [1.82, 2.24) is 0 Å². The van der Waals surface area contributed by atoms with E-state index in [4.69, 9.17) is 0 Å². The highest BCUT2D eigenvalue weighted by molar-refractivity contribution is 5.26. The van der Waals surface area contributed by atoms with E-state index in [1.807, 2.05) is 33.8 Å². The van der Waals surface area contributed by atoms with E-state index in [2.05, 4.69) is 20.4 Å². The predicted molar refractivity (Wildman–Crippen MR) is 68.6 cm³/mol. The molecule has 0 amide bonds. The van der Waals surface area contributed by atoms with Crippen LogP contribution in [0.5, 0.6) is 0 Å². The molecule has 14 heavy (non-hydrogen) atoms. The molecule has 1 atom stereocenters. The molecule has 0 bridgehead atoms. The van der Waals surface area contributed by atoms with Gasteiger partial charge in [-0.25, -0.2) is 0 Å². The van der Waals surface area contributed by atoms with Crippen molar-refractivity contribution in [2.75, 3.05) is 0 Å². The molecule has 0 saturated heterocycles. The summed E-state index contributed by atoms with van der Waals surface area (Å²) in [6.07, 6.45) is 5.98. The van der Waals surface area contributed by atoms with Gasteiger partial charge in [0.25, 0.3) is 0 Å². The second-order valence-electron chi connectivity index (χ2n) is 3.21. The van der Waals surface area contributed by atoms with Gasteiger partial charge in [0.1, 0.15) is 0 Å². The molecule has 0 nitrogen and oxygen atoms in total. The summed E-state index contributed by atoms with van der Waals surface area (Å²) >= 11 is 0. The summed E-state index contributed by atoms with van der Waals surface area (Å²) in [4.78, 5) is 0. The van der Waals surface area contributed by atoms with Gasteiger partial charge in [0.15, 0.2) is 0 Å². The molecule has 1 unspecified atom stereocenters. The maximum absolute atomic E-state index is 3.81. The summed E-state index contributed by atoms with van der Waals surface area (Å²) in [5.74, 6) is 0.793. The van der Waals surface area contributed by atoms with E-state index < -0.39 is 0 Å². The first-order chi connectivity index (χ1) is 6.75. The lowest BCUT2D eigenvalue weighted by atomic mass is 9.85. The molecular weight excluding hydrogens is 168 g/mol. The van der Waals surface area contributed by atoms with Crippen molar-refractivity contribution >= 4 is 0 Å². The van der Waals surface area contributed by atoms with Crippen LogP contribution in [0.3, 0.4) is 0 Å². The first kappa shape index (κ1) is 15.9. The zero-order valence-corrected chi connectivity index (χ0v) is 11.0. The second-order valence-corrected chi connectivity index (χ2v) is 3.21. The fraction of sp³-hybridized carbons (Fsp3) is 0.714. The molecule has 0 spiro atoms. The Morgan fingerprint density at radius 3 is 2.07 bits per heavy atom. The molecule has 0 heteroatoms. The number of rotatable bonds is 1. The normalized spacial score (nSPS) is 20.0. The summed E-state index contributed by atoms with van der Waals surface area (Å²) in [5, 5.41) is 0. The third-order valence-electron chi connectivity index (χ3n) is 2.58. The van der Waals surface area contributed by atoms with Crippen LogP contribution >= 0.6 is 0 Å². The Morgan fingerprint density at radius 1 is 1.21 bits per heavy atom. The van der Waals surface area contributed by atoms with Gasteiger partial charge >= 0.3 is 0 Å². The monoisotopic (exact) mass is 196 g/mol. The Balaban J connectivity index is 0. The fourth-order valence-corrected chi connectivity index (χ4v) is 1.59. The minimum absolute atomic E-state index is 0.793. The fourth-order valence-electron chi connectivity index (χ4n) is 1.59. The standard InChI is InChI=1S/C10H16.2C2H6/c1-4-10-7-5-6-8(2)9(10)3;2*1-2/h4,8H,1,5-7H2,2-3H3;2*1-2H3. The van der Waals surface area contributed by atoms with Crippen LogP contribution < -0.4 is 0 Å². The SMILES string of the molecule is C=CC1=C(C)C(C)CCC1.CC.CC. The van der Waals surface area contributed by atoms with Gasteiger partial charge < -0.3 is 0 Å². The van der Waals surface area contributed by atoms with Crippen molar-refractivity contribution in [2.45, 2.75) is 60.8 Å². The third kappa shape index (κ3) is 5.26. The average Bonchev–Trinajstić information content (AvgIpc) is 2.28. The largest absolute Gasteiger partial charge is 0.0988 e. The minimum atomic E-state index is 0.793. The molecule has 1 rings (SSSR count). The van der Waals surface area contributed by atoms with Gasteiger partial charge in [-0.1, -0.05) is 52.8 Å². The first-order valence-electron chi connectivity index (χ1n) is 6.07. The summed E-state index contributed by atoms with van der Waals surface area (Å²) in [6.45, 7) is 16.4. The Bertz CT molecular complexity index is 163. The molecule has 0 N–H and O–H groups in total.